The van der Waals surface area contributed by atoms with Crippen LogP contribution in [-0.4, -0.2) is 25.3 Å². The molecule has 0 bridgehead atoms. The van der Waals surface area contributed by atoms with E-state index in [1.807, 2.05) is 6.26 Å². The van der Waals surface area contributed by atoms with Crippen LogP contribution in [0, 0.1) is 11.8 Å². The number of hydrogen-bond donors (Lipinski definition) is 2. The molecule has 0 saturated heterocycles. The number of amides is 1. The van der Waals surface area contributed by atoms with Gasteiger partial charge in [0.1, 0.15) is 9.88 Å². The van der Waals surface area contributed by atoms with Crippen molar-refractivity contribution in [3.05, 3.63) is 4.88 Å². The molecule has 4 N–H and O–H groups in total. The lowest BCUT2D eigenvalue weighted by molar-refractivity contribution is 0.100. The molecule has 0 aromatic carbocycles. The number of rotatable bonds is 7. The first-order chi connectivity index (χ1) is 9.27. The van der Waals surface area contributed by atoms with Crippen molar-refractivity contribution >= 4 is 39.7 Å². The Morgan fingerprint density at radius 1 is 1.25 bits per heavy atom. The quantitative estimate of drug-likeness (QED) is 0.757. The van der Waals surface area contributed by atoms with Gasteiger partial charge in [-0.05, 0) is 18.1 Å². The van der Waals surface area contributed by atoms with Gasteiger partial charge in [-0.15, -0.1) is 23.1 Å². The SMILES string of the molecule is CSc1c(N(CC(C)C)CC(C)C)sc(C(N)=O)c1N. The fourth-order valence-electron chi connectivity index (χ4n) is 2.13. The standard InChI is InChI=1S/C14H25N3OS2/c1-8(2)6-17(7-9(3)4)14-12(19-5)10(15)11(20-14)13(16)18/h8-9H,6-7,15H2,1-5H3,(H2,16,18). The van der Waals surface area contributed by atoms with Gasteiger partial charge in [0.2, 0.25) is 0 Å². The third kappa shape index (κ3) is 4.06. The fraction of sp³-hybridized carbons (Fsp3) is 0.643. The molecule has 1 amide bonds. The molecule has 0 spiro atoms. The predicted octanol–water partition coefficient (Wildman–Crippen LogP) is 3.27. The summed E-state index contributed by atoms with van der Waals surface area (Å²) in [5.74, 6) is 0.649. The van der Waals surface area contributed by atoms with Crippen LogP contribution in [-0.2, 0) is 0 Å². The van der Waals surface area contributed by atoms with Crippen molar-refractivity contribution in [2.45, 2.75) is 32.6 Å². The van der Waals surface area contributed by atoms with Crippen molar-refractivity contribution in [1.29, 1.82) is 0 Å². The summed E-state index contributed by atoms with van der Waals surface area (Å²) < 4.78 is 0. The lowest BCUT2D eigenvalue weighted by atomic mass is 10.1. The van der Waals surface area contributed by atoms with E-state index in [0.717, 1.165) is 23.0 Å². The van der Waals surface area contributed by atoms with Gasteiger partial charge in [-0.3, -0.25) is 4.79 Å². The van der Waals surface area contributed by atoms with Crippen LogP contribution in [0.15, 0.2) is 4.90 Å². The number of nitrogens with zero attached hydrogens (tertiary/aromatic N) is 1. The van der Waals surface area contributed by atoms with Crippen LogP contribution in [0.4, 0.5) is 10.7 Å². The maximum atomic E-state index is 11.5. The Hall–Kier alpha value is -0.880. The van der Waals surface area contributed by atoms with Gasteiger partial charge >= 0.3 is 0 Å². The third-order valence-electron chi connectivity index (χ3n) is 2.77. The predicted molar refractivity (Wildman–Crippen MR) is 90.9 cm³/mol. The van der Waals surface area contributed by atoms with E-state index in [1.54, 1.807) is 11.8 Å². The van der Waals surface area contributed by atoms with Crippen LogP contribution in [0.5, 0.6) is 0 Å². The molecule has 0 unspecified atom stereocenters. The summed E-state index contributed by atoms with van der Waals surface area (Å²) in [7, 11) is 0. The number of nitrogen functional groups attached to an aromatic ring is 1. The van der Waals surface area contributed by atoms with E-state index in [4.69, 9.17) is 11.5 Å². The Balaban J connectivity index is 3.24. The van der Waals surface area contributed by atoms with Gasteiger partial charge in [-0.2, -0.15) is 0 Å². The number of thioether (sulfide) groups is 1. The van der Waals surface area contributed by atoms with Gasteiger partial charge in [0, 0.05) is 13.1 Å². The van der Waals surface area contributed by atoms with E-state index in [1.165, 1.54) is 11.3 Å². The molecule has 0 atom stereocenters. The topological polar surface area (TPSA) is 72.3 Å². The summed E-state index contributed by atoms with van der Waals surface area (Å²) in [6.45, 7) is 10.7. The number of hydrogen-bond acceptors (Lipinski definition) is 5. The summed E-state index contributed by atoms with van der Waals surface area (Å²) in [4.78, 5) is 15.3. The zero-order chi connectivity index (χ0) is 15.4. The zero-order valence-electron chi connectivity index (χ0n) is 12.9. The highest BCUT2D eigenvalue weighted by Crippen LogP contribution is 2.44. The lowest BCUT2D eigenvalue weighted by Gasteiger charge is -2.28. The number of thiophene rings is 1. The molecule has 0 aliphatic rings. The van der Waals surface area contributed by atoms with Crippen molar-refractivity contribution in [3.8, 4) is 0 Å². The van der Waals surface area contributed by atoms with Gasteiger partial charge in [0.15, 0.2) is 0 Å². The maximum Gasteiger partial charge on any atom is 0.261 e. The normalized spacial score (nSPS) is 11.3. The van der Waals surface area contributed by atoms with E-state index >= 15 is 0 Å². The van der Waals surface area contributed by atoms with Crippen molar-refractivity contribution in [2.75, 3.05) is 30.0 Å². The molecule has 0 saturated carbocycles. The molecule has 4 nitrogen and oxygen atoms in total. The Kier molecular flexibility index (Phi) is 6.20. The van der Waals surface area contributed by atoms with Crippen LogP contribution in [0.2, 0.25) is 0 Å². The summed E-state index contributed by atoms with van der Waals surface area (Å²) in [5, 5.41) is 1.08. The van der Waals surface area contributed by atoms with E-state index < -0.39 is 5.91 Å². The summed E-state index contributed by atoms with van der Waals surface area (Å²) in [5.41, 5.74) is 12.0. The summed E-state index contributed by atoms with van der Waals surface area (Å²) >= 11 is 3.00. The number of primary amides is 1. The summed E-state index contributed by atoms with van der Waals surface area (Å²) in [6.07, 6.45) is 1.98. The molecule has 1 rings (SSSR count). The first-order valence-electron chi connectivity index (χ1n) is 6.78. The molecule has 0 aliphatic carbocycles. The Bertz CT molecular complexity index is 459. The smallest absolute Gasteiger partial charge is 0.261 e. The number of carbonyl (C=O) groups excluding carboxylic acids is 1. The van der Waals surface area contributed by atoms with Crippen molar-refractivity contribution in [1.82, 2.24) is 0 Å². The van der Waals surface area contributed by atoms with Gasteiger partial charge in [0.25, 0.3) is 5.91 Å². The third-order valence-corrected chi connectivity index (χ3v) is 5.00. The molecule has 6 heteroatoms. The van der Waals surface area contributed by atoms with Gasteiger partial charge in [-0.25, -0.2) is 0 Å². The second kappa shape index (κ2) is 7.22. The average molecular weight is 316 g/mol. The van der Waals surface area contributed by atoms with Crippen molar-refractivity contribution < 1.29 is 4.79 Å². The highest BCUT2D eigenvalue weighted by Gasteiger charge is 2.23. The van der Waals surface area contributed by atoms with Crippen molar-refractivity contribution in [3.63, 3.8) is 0 Å². The van der Waals surface area contributed by atoms with Crippen LogP contribution >= 0.6 is 23.1 Å². The number of nitrogens with two attached hydrogens (primary N) is 2. The number of carbonyl (C=O) groups is 1. The average Bonchev–Trinajstić information content (AvgIpc) is 2.64. The molecule has 114 valence electrons. The Morgan fingerprint density at radius 3 is 2.10 bits per heavy atom. The van der Waals surface area contributed by atoms with Gasteiger partial charge in [-0.1, -0.05) is 27.7 Å². The second-order valence-electron chi connectivity index (χ2n) is 5.74. The molecule has 0 radical (unpaired) electrons. The molecule has 1 aromatic heterocycles. The molecule has 0 fully saturated rings. The van der Waals surface area contributed by atoms with Gasteiger partial charge in [0.05, 0.1) is 10.6 Å². The highest BCUT2D eigenvalue weighted by molar-refractivity contribution is 7.99. The van der Waals surface area contributed by atoms with E-state index in [9.17, 15) is 4.79 Å². The van der Waals surface area contributed by atoms with E-state index in [0.29, 0.717) is 22.4 Å². The monoisotopic (exact) mass is 315 g/mol. The molecule has 1 heterocycles. The Labute approximate surface area is 129 Å². The minimum absolute atomic E-state index is 0.442. The maximum absolute atomic E-state index is 11.5. The summed E-state index contributed by atoms with van der Waals surface area (Å²) in [6, 6.07) is 0. The molecule has 0 aliphatic heterocycles. The lowest BCUT2D eigenvalue weighted by Crippen LogP contribution is -2.31. The highest BCUT2D eigenvalue weighted by atomic mass is 32.2. The molecule has 1 aromatic rings. The van der Waals surface area contributed by atoms with Crippen LogP contribution < -0.4 is 16.4 Å². The van der Waals surface area contributed by atoms with Gasteiger partial charge < -0.3 is 16.4 Å². The second-order valence-corrected chi connectivity index (χ2v) is 7.56. The minimum Gasteiger partial charge on any atom is -0.396 e. The van der Waals surface area contributed by atoms with Crippen molar-refractivity contribution in [2.24, 2.45) is 17.6 Å². The molecular formula is C14H25N3OS2. The first kappa shape index (κ1) is 17.2. The zero-order valence-corrected chi connectivity index (χ0v) is 14.5. The number of anilines is 2. The molecular weight excluding hydrogens is 290 g/mol. The fourth-order valence-corrected chi connectivity index (χ4v) is 4.18. The van der Waals surface area contributed by atoms with Crippen LogP contribution in [0.1, 0.15) is 37.4 Å². The largest absolute Gasteiger partial charge is 0.396 e. The first-order valence-corrected chi connectivity index (χ1v) is 8.83. The van der Waals surface area contributed by atoms with Crippen LogP contribution in [0.3, 0.4) is 0 Å². The molecule has 20 heavy (non-hydrogen) atoms. The van der Waals surface area contributed by atoms with E-state index in [-0.39, 0.29) is 0 Å². The Morgan fingerprint density at radius 2 is 1.75 bits per heavy atom. The van der Waals surface area contributed by atoms with Crippen LogP contribution in [0.25, 0.3) is 0 Å². The minimum atomic E-state index is -0.442. The van der Waals surface area contributed by atoms with E-state index in [2.05, 4.69) is 32.6 Å².